The molecule has 0 saturated carbocycles. The quantitative estimate of drug-likeness (QED) is 0.539. The molecule has 0 radical (unpaired) electrons. The number of benzene rings is 1. The zero-order valence-corrected chi connectivity index (χ0v) is 17.2. The van der Waals surface area contributed by atoms with Crippen LogP contribution in [0.3, 0.4) is 0 Å². The summed E-state index contributed by atoms with van der Waals surface area (Å²) in [5.74, 6) is 1.22. The van der Waals surface area contributed by atoms with Crippen LogP contribution in [0.4, 0.5) is 0 Å². The van der Waals surface area contributed by atoms with Gasteiger partial charge >= 0.3 is 0 Å². The molecule has 0 bridgehead atoms. The second-order valence-electron chi connectivity index (χ2n) is 6.40. The third-order valence-corrected chi connectivity index (χ3v) is 5.94. The van der Waals surface area contributed by atoms with Crippen LogP contribution in [0.5, 0.6) is 0 Å². The number of carbonyl (C=O) groups excluding carboxylic acids is 1. The second-order valence-corrected chi connectivity index (χ2v) is 8.29. The van der Waals surface area contributed by atoms with Crippen molar-refractivity contribution in [2.75, 3.05) is 5.75 Å². The number of aromatic nitrogens is 3. The number of thioether (sulfide) groups is 1. The van der Waals surface area contributed by atoms with E-state index in [1.807, 2.05) is 42.6 Å². The highest BCUT2D eigenvalue weighted by molar-refractivity contribution is 7.99. The van der Waals surface area contributed by atoms with Crippen LogP contribution in [-0.4, -0.2) is 32.5 Å². The summed E-state index contributed by atoms with van der Waals surface area (Å²) in [7, 11) is 0. The lowest BCUT2D eigenvalue weighted by Gasteiger charge is -2.13. The predicted molar refractivity (Wildman–Crippen MR) is 112 cm³/mol. The first-order chi connectivity index (χ1) is 13.2. The molecule has 2 heterocycles. The van der Waals surface area contributed by atoms with E-state index >= 15 is 0 Å². The van der Waals surface area contributed by atoms with Gasteiger partial charge in [-0.2, -0.15) is 0 Å². The molecule has 5 nitrogen and oxygen atoms in total. The standard InChI is InChI=1S/C20H24N4OS2/c1-3-8-15(2)21-18(25)14-27-20-23-22-19(17-11-7-12-26-17)24(20)13-16-9-5-4-6-10-16/h4-7,9-12,15H,3,8,13-14H2,1-2H3,(H,21,25). The normalized spacial score (nSPS) is 12.1. The number of hydrogen-bond acceptors (Lipinski definition) is 5. The lowest BCUT2D eigenvalue weighted by molar-refractivity contribution is -0.119. The van der Waals surface area contributed by atoms with E-state index in [1.54, 1.807) is 11.3 Å². The van der Waals surface area contributed by atoms with Gasteiger partial charge in [-0.05, 0) is 30.4 Å². The average Bonchev–Trinajstić information content (AvgIpc) is 3.31. The number of carbonyl (C=O) groups is 1. The van der Waals surface area contributed by atoms with Crippen molar-refractivity contribution in [1.29, 1.82) is 0 Å². The number of amides is 1. The third-order valence-electron chi connectivity index (χ3n) is 4.10. The first kappa shape index (κ1) is 19.6. The molecular formula is C20H24N4OS2. The molecule has 0 saturated heterocycles. The molecule has 7 heteroatoms. The van der Waals surface area contributed by atoms with Crippen LogP contribution < -0.4 is 5.32 Å². The minimum absolute atomic E-state index is 0.0351. The molecule has 0 aliphatic heterocycles. The average molecular weight is 401 g/mol. The lowest BCUT2D eigenvalue weighted by atomic mass is 10.2. The van der Waals surface area contributed by atoms with Crippen molar-refractivity contribution >= 4 is 29.0 Å². The summed E-state index contributed by atoms with van der Waals surface area (Å²) < 4.78 is 2.09. The minimum Gasteiger partial charge on any atom is -0.353 e. The Morgan fingerprint density at radius 3 is 2.74 bits per heavy atom. The van der Waals surface area contributed by atoms with Crippen molar-refractivity contribution in [2.45, 2.75) is 44.4 Å². The third kappa shape index (κ3) is 5.43. The Hall–Kier alpha value is -2.12. The van der Waals surface area contributed by atoms with Crippen LogP contribution >= 0.6 is 23.1 Å². The molecule has 27 heavy (non-hydrogen) atoms. The molecule has 0 aliphatic carbocycles. The molecule has 1 aromatic carbocycles. The number of hydrogen-bond donors (Lipinski definition) is 1. The maximum Gasteiger partial charge on any atom is 0.230 e. The van der Waals surface area contributed by atoms with E-state index in [4.69, 9.17) is 0 Å². The fraction of sp³-hybridized carbons (Fsp3) is 0.350. The highest BCUT2D eigenvalue weighted by atomic mass is 32.2. The first-order valence-corrected chi connectivity index (χ1v) is 11.0. The lowest BCUT2D eigenvalue weighted by Crippen LogP contribution is -2.33. The van der Waals surface area contributed by atoms with Gasteiger partial charge in [0.1, 0.15) is 0 Å². The molecule has 1 unspecified atom stereocenters. The van der Waals surface area contributed by atoms with Gasteiger partial charge in [-0.3, -0.25) is 9.36 Å². The molecule has 1 N–H and O–H groups in total. The van der Waals surface area contributed by atoms with Gasteiger partial charge in [0, 0.05) is 6.04 Å². The molecule has 0 fully saturated rings. The largest absolute Gasteiger partial charge is 0.353 e. The van der Waals surface area contributed by atoms with Gasteiger partial charge < -0.3 is 5.32 Å². The molecule has 0 spiro atoms. The first-order valence-electron chi connectivity index (χ1n) is 9.10. The summed E-state index contributed by atoms with van der Waals surface area (Å²) in [6.45, 7) is 4.84. The summed E-state index contributed by atoms with van der Waals surface area (Å²) >= 11 is 3.07. The Kier molecular flexibility index (Phi) is 7.06. The Balaban J connectivity index is 1.75. The number of nitrogens with one attached hydrogen (secondary N) is 1. The van der Waals surface area contributed by atoms with Gasteiger partial charge in [0.2, 0.25) is 5.91 Å². The van der Waals surface area contributed by atoms with E-state index in [0.29, 0.717) is 12.3 Å². The van der Waals surface area contributed by atoms with Crippen molar-refractivity contribution in [3.63, 3.8) is 0 Å². The number of thiophene rings is 1. The van der Waals surface area contributed by atoms with Crippen molar-refractivity contribution < 1.29 is 4.79 Å². The van der Waals surface area contributed by atoms with Crippen LogP contribution in [-0.2, 0) is 11.3 Å². The predicted octanol–water partition coefficient (Wildman–Crippen LogP) is 4.45. The monoisotopic (exact) mass is 400 g/mol. The summed E-state index contributed by atoms with van der Waals surface area (Å²) in [5, 5.41) is 14.6. The highest BCUT2D eigenvalue weighted by Gasteiger charge is 2.17. The highest BCUT2D eigenvalue weighted by Crippen LogP contribution is 2.28. The molecular weight excluding hydrogens is 376 g/mol. The van der Waals surface area contributed by atoms with Gasteiger partial charge in [-0.15, -0.1) is 21.5 Å². The molecule has 3 rings (SSSR count). The molecule has 1 atom stereocenters. The van der Waals surface area contributed by atoms with Gasteiger partial charge in [-0.1, -0.05) is 61.5 Å². The Morgan fingerprint density at radius 1 is 1.22 bits per heavy atom. The smallest absolute Gasteiger partial charge is 0.230 e. The Morgan fingerprint density at radius 2 is 2.04 bits per heavy atom. The van der Waals surface area contributed by atoms with Crippen LogP contribution in [0.25, 0.3) is 10.7 Å². The molecule has 2 aromatic heterocycles. The van der Waals surface area contributed by atoms with E-state index < -0.39 is 0 Å². The van der Waals surface area contributed by atoms with Gasteiger partial charge in [0.15, 0.2) is 11.0 Å². The van der Waals surface area contributed by atoms with E-state index in [1.165, 1.54) is 17.3 Å². The number of nitrogens with zero attached hydrogens (tertiary/aromatic N) is 3. The second kappa shape index (κ2) is 9.71. The maximum absolute atomic E-state index is 12.2. The van der Waals surface area contributed by atoms with Crippen molar-refractivity contribution in [3.8, 4) is 10.7 Å². The Labute approximate surface area is 168 Å². The van der Waals surface area contributed by atoms with E-state index in [0.717, 1.165) is 28.7 Å². The van der Waals surface area contributed by atoms with E-state index in [9.17, 15) is 4.79 Å². The van der Waals surface area contributed by atoms with Crippen molar-refractivity contribution in [1.82, 2.24) is 20.1 Å². The number of rotatable bonds is 9. The minimum atomic E-state index is 0.0351. The summed E-state index contributed by atoms with van der Waals surface area (Å²) in [4.78, 5) is 13.3. The van der Waals surface area contributed by atoms with E-state index in [-0.39, 0.29) is 11.9 Å². The van der Waals surface area contributed by atoms with Crippen LogP contribution in [0.15, 0.2) is 53.0 Å². The van der Waals surface area contributed by atoms with Gasteiger partial charge in [0.05, 0.1) is 17.2 Å². The van der Waals surface area contributed by atoms with Gasteiger partial charge in [-0.25, -0.2) is 0 Å². The van der Waals surface area contributed by atoms with Gasteiger partial charge in [0.25, 0.3) is 0 Å². The van der Waals surface area contributed by atoms with Crippen molar-refractivity contribution in [3.05, 3.63) is 53.4 Å². The molecule has 1 amide bonds. The van der Waals surface area contributed by atoms with E-state index in [2.05, 4.69) is 39.1 Å². The molecule has 3 aromatic rings. The zero-order valence-electron chi connectivity index (χ0n) is 15.6. The fourth-order valence-corrected chi connectivity index (χ4v) is 4.31. The topological polar surface area (TPSA) is 59.8 Å². The van der Waals surface area contributed by atoms with Crippen LogP contribution in [0, 0.1) is 0 Å². The summed E-state index contributed by atoms with van der Waals surface area (Å²) in [6, 6.07) is 14.5. The fourth-order valence-electron chi connectivity index (χ4n) is 2.84. The zero-order chi connectivity index (χ0) is 19.1. The molecule has 0 aliphatic rings. The SMILES string of the molecule is CCCC(C)NC(=O)CSc1nnc(-c2cccs2)n1Cc1ccccc1. The summed E-state index contributed by atoms with van der Waals surface area (Å²) in [6.07, 6.45) is 2.05. The molecule has 142 valence electrons. The maximum atomic E-state index is 12.2. The van der Waals surface area contributed by atoms with Crippen LogP contribution in [0.2, 0.25) is 0 Å². The Bertz CT molecular complexity index is 846. The summed E-state index contributed by atoms with van der Waals surface area (Å²) in [5.41, 5.74) is 1.18. The van der Waals surface area contributed by atoms with Crippen molar-refractivity contribution in [2.24, 2.45) is 0 Å². The van der Waals surface area contributed by atoms with Crippen LogP contribution in [0.1, 0.15) is 32.3 Å².